The molecule has 1 aliphatic carbocycles. The highest BCUT2D eigenvalue weighted by Crippen LogP contribution is 2.33. The maximum atomic E-state index is 12.1. The largest absolute Gasteiger partial charge is 0.468 e. The van der Waals surface area contributed by atoms with Crippen molar-refractivity contribution < 1.29 is 9.53 Å². The molecule has 1 fully saturated rings. The zero-order valence-electron chi connectivity index (χ0n) is 13.7. The number of nitrogens with zero attached hydrogens (tertiary/aromatic N) is 2. The average Bonchev–Trinajstić information content (AvgIpc) is 2.83. The van der Waals surface area contributed by atoms with Crippen molar-refractivity contribution in [2.75, 3.05) is 47.9 Å². The quantitative estimate of drug-likeness (QED) is 0.673. The molecule has 2 unspecified atom stereocenters. The van der Waals surface area contributed by atoms with Crippen LogP contribution in [0, 0.1) is 0 Å². The lowest BCUT2D eigenvalue weighted by Gasteiger charge is -2.29. The highest BCUT2D eigenvalue weighted by atomic mass is 16.5. The Hall–Kier alpha value is -0.650. The summed E-state index contributed by atoms with van der Waals surface area (Å²) in [5.74, 6) is -0.108. The van der Waals surface area contributed by atoms with Crippen LogP contribution in [-0.4, -0.2) is 75.2 Å². The van der Waals surface area contributed by atoms with Crippen LogP contribution in [0.1, 0.15) is 32.6 Å². The van der Waals surface area contributed by atoms with Crippen LogP contribution in [0.4, 0.5) is 0 Å². The molecule has 2 atom stereocenters. The zero-order valence-corrected chi connectivity index (χ0v) is 13.7. The first-order chi connectivity index (χ1) is 9.45. The van der Waals surface area contributed by atoms with Gasteiger partial charge in [-0.05, 0) is 66.5 Å². The van der Waals surface area contributed by atoms with Crippen LogP contribution in [-0.2, 0) is 9.53 Å². The molecule has 0 heterocycles. The molecule has 20 heavy (non-hydrogen) atoms. The van der Waals surface area contributed by atoms with Crippen LogP contribution in [0.5, 0.6) is 0 Å². The monoisotopic (exact) mass is 285 g/mol. The van der Waals surface area contributed by atoms with Gasteiger partial charge in [0.05, 0.1) is 7.11 Å². The fourth-order valence-electron chi connectivity index (χ4n) is 3.17. The minimum absolute atomic E-state index is 0.108. The maximum absolute atomic E-state index is 12.1. The number of hydrogen-bond donors (Lipinski definition) is 1. The Morgan fingerprint density at radius 3 is 2.60 bits per heavy atom. The molecular weight excluding hydrogens is 254 g/mol. The lowest BCUT2D eigenvalue weighted by molar-refractivity contribution is -0.148. The Labute approximate surface area is 123 Å². The molecule has 118 valence electrons. The van der Waals surface area contributed by atoms with Crippen molar-refractivity contribution in [2.45, 2.75) is 44.2 Å². The number of carbonyl (C=O) groups excluding carboxylic acids is 1. The van der Waals surface area contributed by atoms with Gasteiger partial charge in [0.15, 0.2) is 0 Å². The van der Waals surface area contributed by atoms with E-state index in [4.69, 9.17) is 4.74 Å². The van der Waals surface area contributed by atoms with Crippen molar-refractivity contribution in [1.82, 2.24) is 15.1 Å². The second-order valence-electron chi connectivity index (χ2n) is 6.14. The Morgan fingerprint density at radius 2 is 2.05 bits per heavy atom. The van der Waals surface area contributed by atoms with E-state index in [2.05, 4.69) is 36.3 Å². The van der Waals surface area contributed by atoms with Gasteiger partial charge < -0.3 is 19.9 Å². The average molecular weight is 285 g/mol. The molecule has 0 aliphatic heterocycles. The van der Waals surface area contributed by atoms with Gasteiger partial charge in [-0.15, -0.1) is 0 Å². The lowest BCUT2D eigenvalue weighted by Crippen LogP contribution is -2.51. The van der Waals surface area contributed by atoms with E-state index < -0.39 is 5.54 Å². The molecule has 5 heteroatoms. The van der Waals surface area contributed by atoms with E-state index in [-0.39, 0.29) is 5.97 Å². The first kappa shape index (κ1) is 17.4. The molecule has 0 amide bonds. The van der Waals surface area contributed by atoms with Gasteiger partial charge in [0.1, 0.15) is 5.54 Å². The molecular formula is C15H31N3O2. The van der Waals surface area contributed by atoms with Crippen LogP contribution in [0.25, 0.3) is 0 Å². The number of hydrogen-bond acceptors (Lipinski definition) is 5. The van der Waals surface area contributed by atoms with Gasteiger partial charge in [-0.2, -0.15) is 0 Å². The van der Waals surface area contributed by atoms with Crippen molar-refractivity contribution in [3.05, 3.63) is 0 Å². The fraction of sp³-hybridized carbons (Fsp3) is 0.933. The Morgan fingerprint density at radius 1 is 1.35 bits per heavy atom. The molecule has 0 aromatic rings. The van der Waals surface area contributed by atoms with Gasteiger partial charge in [-0.25, -0.2) is 0 Å². The summed E-state index contributed by atoms with van der Waals surface area (Å²) in [5, 5.41) is 3.36. The SMILES string of the molecule is CCNC1(C(=O)OC)CCC(N(C)CCCN(C)C)C1. The summed E-state index contributed by atoms with van der Waals surface area (Å²) < 4.78 is 5.00. The highest BCUT2D eigenvalue weighted by Gasteiger charge is 2.46. The normalized spacial score (nSPS) is 26.4. The molecule has 0 saturated heterocycles. The molecule has 0 spiro atoms. The number of ether oxygens (including phenoxy) is 1. The topological polar surface area (TPSA) is 44.8 Å². The lowest BCUT2D eigenvalue weighted by atomic mass is 9.97. The maximum Gasteiger partial charge on any atom is 0.326 e. The minimum Gasteiger partial charge on any atom is -0.468 e. The second-order valence-corrected chi connectivity index (χ2v) is 6.14. The van der Waals surface area contributed by atoms with Crippen LogP contribution in [0.2, 0.25) is 0 Å². The third-order valence-corrected chi connectivity index (χ3v) is 4.32. The van der Waals surface area contributed by atoms with Crippen molar-refractivity contribution in [3.63, 3.8) is 0 Å². The number of esters is 1. The van der Waals surface area contributed by atoms with E-state index in [1.54, 1.807) is 0 Å². The number of carbonyl (C=O) groups is 1. The summed E-state index contributed by atoms with van der Waals surface area (Å²) in [6.45, 7) is 5.02. The molecule has 1 aliphatic rings. The number of methoxy groups -OCH3 is 1. The van der Waals surface area contributed by atoms with E-state index in [1.807, 2.05) is 6.92 Å². The van der Waals surface area contributed by atoms with E-state index in [1.165, 1.54) is 7.11 Å². The van der Waals surface area contributed by atoms with Gasteiger partial charge in [0.2, 0.25) is 0 Å². The Bertz CT molecular complexity index is 309. The molecule has 0 bridgehead atoms. The predicted molar refractivity (Wildman–Crippen MR) is 81.9 cm³/mol. The first-order valence-electron chi connectivity index (χ1n) is 7.63. The molecule has 5 nitrogen and oxygen atoms in total. The van der Waals surface area contributed by atoms with Gasteiger partial charge in [0.25, 0.3) is 0 Å². The van der Waals surface area contributed by atoms with Gasteiger partial charge >= 0.3 is 5.97 Å². The summed E-state index contributed by atoms with van der Waals surface area (Å²) in [4.78, 5) is 16.7. The number of likely N-dealkylation sites (N-methyl/N-ethyl adjacent to an activating group) is 1. The Kier molecular flexibility index (Phi) is 6.92. The summed E-state index contributed by atoms with van der Waals surface area (Å²) in [5.41, 5.74) is -0.468. The molecule has 1 rings (SSSR count). The van der Waals surface area contributed by atoms with Gasteiger partial charge in [0, 0.05) is 6.04 Å². The summed E-state index contributed by atoms with van der Waals surface area (Å²) in [7, 11) is 7.85. The number of rotatable bonds is 8. The van der Waals surface area contributed by atoms with Crippen LogP contribution >= 0.6 is 0 Å². The Balaban J connectivity index is 2.52. The van der Waals surface area contributed by atoms with E-state index in [0.29, 0.717) is 6.04 Å². The smallest absolute Gasteiger partial charge is 0.326 e. The van der Waals surface area contributed by atoms with Crippen LogP contribution in [0.15, 0.2) is 0 Å². The fourth-order valence-corrected chi connectivity index (χ4v) is 3.17. The van der Waals surface area contributed by atoms with E-state index >= 15 is 0 Å². The summed E-state index contributed by atoms with van der Waals surface area (Å²) in [6.07, 6.45) is 3.94. The molecule has 1 saturated carbocycles. The van der Waals surface area contributed by atoms with E-state index in [0.717, 1.165) is 45.3 Å². The van der Waals surface area contributed by atoms with Crippen molar-refractivity contribution in [1.29, 1.82) is 0 Å². The van der Waals surface area contributed by atoms with Gasteiger partial charge in [-0.3, -0.25) is 4.79 Å². The van der Waals surface area contributed by atoms with Crippen LogP contribution in [0.3, 0.4) is 0 Å². The molecule has 0 radical (unpaired) electrons. The minimum atomic E-state index is -0.468. The van der Waals surface area contributed by atoms with Crippen molar-refractivity contribution in [3.8, 4) is 0 Å². The summed E-state index contributed by atoms with van der Waals surface area (Å²) >= 11 is 0. The third-order valence-electron chi connectivity index (χ3n) is 4.32. The van der Waals surface area contributed by atoms with E-state index in [9.17, 15) is 4.79 Å². The number of nitrogens with one attached hydrogen (secondary N) is 1. The molecule has 0 aromatic carbocycles. The predicted octanol–water partition coefficient (Wildman–Crippen LogP) is 0.944. The standard InChI is InChI=1S/C15H31N3O2/c1-6-16-15(14(19)20-5)9-8-13(12-15)18(4)11-7-10-17(2)3/h13,16H,6-12H2,1-5H3. The van der Waals surface area contributed by atoms with Crippen molar-refractivity contribution in [2.24, 2.45) is 0 Å². The first-order valence-corrected chi connectivity index (χ1v) is 7.63. The van der Waals surface area contributed by atoms with Crippen LogP contribution < -0.4 is 5.32 Å². The third kappa shape index (κ3) is 4.43. The highest BCUT2D eigenvalue weighted by molar-refractivity contribution is 5.81. The van der Waals surface area contributed by atoms with Crippen molar-refractivity contribution >= 4 is 5.97 Å². The van der Waals surface area contributed by atoms with Gasteiger partial charge in [-0.1, -0.05) is 6.92 Å². The summed E-state index contributed by atoms with van der Waals surface area (Å²) in [6, 6.07) is 0.468. The molecule has 1 N–H and O–H groups in total. The second kappa shape index (κ2) is 7.96. The molecule has 0 aromatic heterocycles. The zero-order chi connectivity index (χ0) is 15.2.